The van der Waals surface area contributed by atoms with Crippen molar-refractivity contribution in [1.29, 1.82) is 0 Å². The van der Waals surface area contributed by atoms with Crippen molar-refractivity contribution < 1.29 is 24.3 Å². The van der Waals surface area contributed by atoms with Crippen LogP contribution in [-0.2, 0) is 32.0 Å². The molecule has 1 aromatic carbocycles. The number of aromatic amines is 1. The molecule has 11 N–H and O–H groups in total. The molecular weight excluding hydrogens is 526 g/mol. The zero-order valence-corrected chi connectivity index (χ0v) is 22.1. The van der Waals surface area contributed by atoms with E-state index in [1.807, 2.05) is 0 Å². The molecule has 4 atom stereocenters. The normalized spacial score (nSPS) is 13.8. The van der Waals surface area contributed by atoms with Gasteiger partial charge in [0.15, 0.2) is 5.96 Å². The lowest BCUT2D eigenvalue weighted by Gasteiger charge is -2.25. The fourth-order valence-corrected chi connectivity index (χ4v) is 3.72. The molecule has 15 heteroatoms. The zero-order chi connectivity index (χ0) is 28.8. The predicted molar refractivity (Wildman–Crippen MR) is 148 cm³/mol. The predicted octanol–water partition coefficient (Wildman–Crippen LogP) is -1.96. The molecule has 2 rings (SSSR count). The number of carboxylic acids is 1. The number of thiol groups is 1. The molecule has 0 fully saturated rings. The molecule has 1 heterocycles. The van der Waals surface area contributed by atoms with Crippen molar-refractivity contribution in [3.05, 3.63) is 54.1 Å². The van der Waals surface area contributed by atoms with Crippen LogP contribution < -0.4 is 33.2 Å². The first kappa shape index (κ1) is 31.1. The topological polar surface area (TPSA) is 244 Å². The molecule has 212 valence electrons. The summed E-state index contributed by atoms with van der Waals surface area (Å²) in [5.41, 5.74) is 17.6. The van der Waals surface area contributed by atoms with Gasteiger partial charge in [-0.15, -0.1) is 0 Å². The summed E-state index contributed by atoms with van der Waals surface area (Å²) in [6, 6.07) is 4.43. The number of aliphatic imine (C=N–C) groups is 1. The van der Waals surface area contributed by atoms with Crippen molar-refractivity contribution in [2.75, 3.05) is 12.3 Å². The first-order chi connectivity index (χ1) is 18.6. The molecule has 0 bridgehead atoms. The number of carboxylic acid groups (broad SMARTS) is 1. The highest BCUT2D eigenvalue weighted by Crippen LogP contribution is 2.07. The highest BCUT2D eigenvalue weighted by Gasteiger charge is 2.30. The number of nitrogens with zero attached hydrogens (tertiary/aromatic N) is 2. The van der Waals surface area contributed by atoms with E-state index in [1.165, 1.54) is 12.5 Å². The van der Waals surface area contributed by atoms with E-state index in [4.69, 9.17) is 17.2 Å². The van der Waals surface area contributed by atoms with E-state index >= 15 is 0 Å². The lowest BCUT2D eigenvalue weighted by Crippen LogP contribution is -2.58. The Labute approximate surface area is 231 Å². The minimum absolute atomic E-state index is 0.0408. The highest BCUT2D eigenvalue weighted by atomic mass is 32.1. The Hall–Kier alpha value is -4.11. The summed E-state index contributed by atoms with van der Waals surface area (Å²) < 4.78 is 0. The first-order valence-corrected chi connectivity index (χ1v) is 12.8. The molecule has 0 spiro atoms. The Morgan fingerprint density at radius 3 is 2.15 bits per heavy atom. The molecule has 14 nitrogen and oxygen atoms in total. The van der Waals surface area contributed by atoms with E-state index in [2.05, 4.69) is 43.5 Å². The van der Waals surface area contributed by atoms with Crippen molar-refractivity contribution in [1.82, 2.24) is 25.9 Å². The van der Waals surface area contributed by atoms with E-state index in [-0.39, 0.29) is 37.5 Å². The third kappa shape index (κ3) is 11.0. The molecule has 0 saturated carbocycles. The number of amides is 3. The van der Waals surface area contributed by atoms with Crippen LogP contribution in [0, 0.1) is 0 Å². The van der Waals surface area contributed by atoms with Crippen LogP contribution in [0.2, 0.25) is 0 Å². The monoisotopic (exact) mass is 561 g/mol. The number of carbonyl (C=O) groups is 4. The fraction of sp³-hybridized carbons (Fsp3) is 0.417. The van der Waals surface area contributed by atoms with E-state index in [9.17, 15) is 24.3 Å². The number of benzene rings is 1. The molecule has 0 aliphatic rings. The Morgan fingerprint density at radius 1 is 0.974 bits per heavy atom. The molecule has 2 aromatic rings. The van der Waals surface area contributed by atoms with Crippen molar-refractivity contribution in [3.63, 3.8) is 0 Å². The van der Waals surface area contributed by atoms with Gasteiger partial charge < -0.3 is 43.2 Å². The second-order valence-electron chi connectivity index (χ2n) is 8.73. The van der Waals surface area contributed by atoms with Crippen molar-refractivity contribution >= 4 is 42.3 Å². The van der Waals surface area contributed by atoms with Crippen LogP contribution in [-0.4, -0.2) is 81.2 Å². The lowest BCUT2D eigenvalue weighted by molar-refractivity contribution is -0.142. The van der Waals surface area contributed by atoms with Crippen molar-refractivity contribution in [3.8, 4) is 0 Å². The summed E-state index contributed by atoms with van der Waals surface area (Å²) in [5, 5.41) is 17.4. The number of aliphatic carboxylic acids is 1. The number of hydrogen-bond acceptors (Lipinski definition) is 8. The van der Waals surface area contributed by atoms with Crippen molar-refractivity contribution in [2.45, 2.75) is 49.9 Å². The second-order valence-corrected chi connectivity index (χ2v) is 9.10. The number of hydrogen-bond donors (Lipinski definition) is 9. The maximum absolute atomic E-state index is 13.4. The van der Waals surface area contributed by atoms with Crippen LogP contribution in [0.3, 0.4) is 0 Å². The van der Waals surface area contributed by atoms with Gasteiger partial charge in [-0.1, -0.05) is 30.3 Å². The van der Waals surface area contributed by atoms with Gasteiger partial charge in [-0.2, -0.15) is 12.6 Å². The standard InChI is InChI=1S/C24H35N9O5S/c25-16(12-39)20(34)32-19(10-15-11-28-13-30-15)22(36)33-18(9-14-5-2-1-3-6-14)21(35)31-17(23(37)38)7-4-8-29-24(26)27/h1-3,5-6,11,13,16-19,39H,4,7-10,12,25H2,(H,28,30)(H,31,35)(H,32,34)(H,33,36)(H,37,38)(H4,26,27,29). The first-order valence-electron chi connectivity index (χ1n) is 12.2. The van der Waals surface area contributed by atoms with Gasteiger partial charge in [0.05, 0.1) is 12.4 Å². The van der Waals surface area contributed by atoms with Gasteiger partial charge in [-0.05, 0) is 18.4 Å². The van der Waals surface area contributed by atoms with Crippen molar-refractivity contribution in [2.24, 2.45) is 22.2 Å². The number of imidazole rings is 1. The van der Waals surface area contributed by atoms with E-state index < -0.39 is 47.9 Å². The third-order valence-corrected chi connectivity index (χ3v) is 6.01. The largest absolute Gasteiger partial charge is 0.480 e. The van der Waals surface area contributed by atoms with Gasteiger partial charge >= 0.3 is 5.97 Å². The minimum atomic E-state index is -1.25. The highest BCUT2D eigenvalue weighted by molar-refractivity contribution is 7.80. The molecule has 0 radical (unpaired) electrons. The average molecular weight is 562 g/mol. The summed E-state index contributed by atoms with van der Waals surface area (Å²) in [6.45, 7) is 0.190. The van der Waals surface area contributed by atoms with Crippen LogP contribution in [0.5, 0.6) is 0 Å². The van der Waals surface area contributed by atoms with Crippen LogP contribution in [0.25, 0.3) is 0 Å². The van der Waals surface area contributed by atoms with Gasteiger partial charge in [-0.25, -0.2) is 9.78 Å². The molecule has 3 amide bonds. The molecule has 1 aromatic heterocycles. The summed E-state index contributed by atoms with van der Waals surface area (Å²) >= 11 is 4.02. The van der Waals surface area contributed by atoms with E-state index in [1.54, 1.807) is 30.3 Å². The Bertz CT molecular complexity index is 1110. The second kappa shape index (κ2) is 16.0. The Balaban J connectivity index is 2.22. The van der Waals surface area contributed by atoms with Gasteiger partial charge in [0.25, 0.3) is 0 Å². The molecule has 0 saturated heterocycles. The molecule has 39 heavy (non-hydrogen) atoms. The van der Waals surface area contributed by atoms with E-state index in [0.717, 1.165) is 5.56 Å². The number of guanidine groups is 1. The van der Waals surface area contributed by atoms with Crippen LogP contribution in [0.1, 0.15) is 24.1 Å². The molecular formula is C24H35N9O5S. The van der Waals surface area contributed by atoms with Gasteiger partial charge in [0, 0.05) is 37.0 Å². The molecule has 0 aliphatic carbocycles. The number of H-pyrrole nitrogens is 1. The fourth-order valence-electron chi connectivity index (χ4n) is 3.55. The minimum Gasteiger partial charge on any atom is -0.480 e. The van der Waals surface area contributed by atoms with Crippen LogP contribution in [0.4, 0.5) is 0 Å². The van der Waals surface area contributed by atoms with Gasteiger partial charge in [-0.3, -0.25) is 19.4 Å². The summed E-state index contributed by atoms with van der Waals surface area (Å²) in [4.78, 5) is 61.5. The van der Waals surface area contributed by atoms with Gasteiger partial charge in [0.1, 0.15) is 18.1 Å². The number of carbonyl (C=O) groups excluding carboxylic acids is 3. The number of aromatic nitrogens is 2. The number of nitrogens with two attached hydrogens (primary N) is 3. The zero-order valence-electron chi connectivity index (χ0n) is 21.2. The van der Waals surface area contributed by atoms with Gasteiger partial charge in [0.2, 0.25) is 17.7 Å². The average Bonchev–Trinajstić information content (AvgIpc) is 3.42. The SMILES string of the molecule is NC(N)=NCCCC(NC(=O)C(Cc1ccccc1)NC(=O)C(Cc1cnc[nH]1)NC(=O)C(N)CS)C(=O)O. The molecule has 0 aliphatic heterocycles. The Morgan fingerprint density at radius 2 is 1.59 bits per heavy atom. The smallest absolute Gasteiger partial charge is 0.326 e. The summed E-state index contributed by atoms with van der Waals surface area (Å²) in [7, 11) is 0. The quantitative estimate of drug-likeness (QED) is 0.0477. The maximum Gasteiger partial charge on any atom is 0.326 e. The summed E-state index contributed by atoms with van der Waals surface area (Å²) in [6.07, 6.45) is 3.40. The number of rotatable bonds is 16. The third-order valence-electron chi connectivity index (χ3n) is 5.62. The lowest BCUT2D eigenvalue weighted by atomic mass is 10.0. The van der Waals surface area contributed by atoms with E-state index in [0.29, 0.717) is 12.1 Å². The summed E-state index contributed by atoms with van der Waals surface area (Å²) in [5.74, 6) is -3.28. The van der Waals surface area contributed by atoms with Crippen LogP contribution >= 0.6 is 12.6 Å². The Kier molecular flexibility index (Phi) is 12.8. The van der Waals surface area contributed by atoms with Crippen LogP contribution in [0.15, 0.2) is 47.8 Å². The molecule has 4 unspecified atom stereocenters. The maximum atomic E-state index is 13.4. The number of nitrogens with one attached hydrogen (secondary N) is 4.